The number of ether oxygens (including phenoxy) is 3. The summed E-state index contributed by atoms with van der Waals surface area (Å²) in [6.07, 6.45) is 4.74. The number of carbonyl (C=O) groups excluding carboxylic acids is 2. The largest absolute Gasteiger partial charge is 0.481 e. The van der Waals surface area contributed by atoms with E-state index in [1.54, 1.807) is 6.92 Å². The van der Waals surface area contributed by atoms with Crippen molar-refractivity contribution in [3.63, 3.8) is 0 Å². The van der Waals surface area contributed by atoms with Crippen LogP contribution >= 0.6 is 11.6 Å². The number of carboxylic acids is 1. The molecule has 2 bridgehead atoms. The molecule has 4 atom stereocenters. The van der Waals surface area contributed by atoms with Gasteiger partial charge < -0.3 is 24.4 Å². The van der Waals surface area contributed by atoms with Crippen molar-refractivity contribution in [2.75, 3.05) is 6.61 Å². The van der Waals surface area contributed by atoms with Crippen LogP contribution in [0.4, 0.5) is 0 Å². The molecule has 0 spiro atoms. The van der Waals surface area contributed by atoms with Crippen LogP contribution in [0.15, 0.2) is 34.4 Å². The summed E-state index contributed by atoms with van der Waals surface area (Å²) < 4.78 is 16.7. The van der Waals surface area contributed by atoms with Crippen LogP contribution in [0.25, 0.3) is 0 Å². The summed E-state index contributed by atoms with van der Waals surface area (Å²) in [6.45, 7) is 3.03. The van der Waals surface area contributed by atoms with Crippen LogP contribution in [0.1, 0.15) is 58.8 Å². The van der Waals surface area contributed by atoms with Crippen molar-refractivity contribution in [3.8, 4) is 0 Å². The summed E-state index contributed by atoms with van der Waals surface area (Å²) in [6, 6.07) is 0. The second kappa shape index (κ2) is 12.8. The van der Waals surface area contributed by atoms with Gasteiger partial charge in [-0.3, -0.25) is 14.4 Å². The first-order chi connectivity index (χ1) is 15.1. The van der Waals surface area contributed by atoms with Gasteiger partial charge in [0.25, 0.3) is 0 Å². The number of aliphatic hydroxyl groups excluding tert-OH is 1. The van der Waals surface area contributed by atoms with Gasteiger partial charge in [0.1, 0.15) is 24.9 Å². The highest BCUT2D eigenvalue weighted by atomic mass is 35.5. The fourth-order valence-corrected chi connectivity index (χ4v) is 3.91. The van der Waals surface area contributed by atoms with Crippen molar-refractivity contribution in [2.24, 2.45) is 0 Å². The molecular formula is C23H31ClO8. The van der Waals surface area contributed by atoms with Crippen molar-refractivity contribution < 1.29 is 38.8 Å². The lowest BCUT2D eigenvalue weighted by Gasteiger charge is -2.22. The average molecular weight is 471 g/mol. The van der Waals surface area contributed by atoms with Crippen molar-refractivity contribution >= 4 is 29.5 Å². The molecule has 0 saturated carbocycles. The monoisotopic (exact) mass is 470 g/mol. The maximum Gasteiger partial charge on any atom is 0.307 e. The van der Waals surface area contributed by atoms with Crippen LogP contribution < -0.4 is 0 Å². The SMILES string of the molecule is CC(=O)OC/C1=C/C/C=C(/Cl)CC[C@H]2C[C@@H](OC(=O)CC1)[C@@H]([C@H](O)/C=C(\C)CC(=O)O)O2. The third kappa shape index (κ3) is 9.14. The Labute approximate surface area is 192 Å². The van der Waals surface area contributed by atoms with E-state index in [4.69, 9.17) is 30.9 Å². The van der Waals surface area contributed by atoms with E-state index in [1.165, 1.54) is 13.0 Å². The van der Waals surface area contributed by atoms with Gasteiger partial charge >= 0.3 is 17.9 Å². The zero-order valence-corrected chi connectivity index (χ0v) is 19.2. The molecule has 0 unspecified atom stereocenters. The van der Waals surface area contributed by atoms with Crippen LogP contribution in [-0.4, -0.2) is 59.1 Å². The van der Waals surface area contributed by atoms with Crippen LogP contribution in [0, 0.1) is 0 Å². The molecule has 1 saturated heterocycles. The Bertz CT molecular complexity index is 785. The molecular weight excluding hydrogens is 440 g/mol. The number of aliphatic hydroxyl groups is 1. The summed E-state index contributed by atoms with van der Waals surface area (Å²) >= 11 is 6.33. The first kappa shape index (κ1) is 26.1. The molecule has 0 radical (unpaired) electrons. The molecule has 0 aromatic rings. The summed E-state index contributed by atoms with van der Waals surface area (Å²) in [5.41, 5.74) is 1.28. The predicted molar refractivity (Wildman–Crippen MR) is 117 cm³/mol. The number of fused-ring (bicyclic) bond motifs is 2. The Morgan fingerprint density at radius 2 is 2.03 bits per heavy atom. The maximum absolute atomic E-state index is 12.5. The molecule has 32 heavy (non-hydrogen) atoms. The molecule has 0 aromatic heterocycles. The lowest BCUT2D eigenvalue weighted by molar-refractivity contribution is -0.154. The van der Waals surface area contributed by atoms with Gasteiger partial charge in [0.2, 0.25) is 0 Å². The van der Waals surface area contributed by atoms with Gasteiger partial charge in [-0.05, 0) is 38.2 Å². The van der Waals surface area contributed by atoms with Gasteiger partial charge in [-0.1, -0.05) is 35.4 Å². The molecule has 2 rings (SSSR count). The molecule has 0 amide bonds. The highest BCUT2D eigenvalue weighted by Gasteiger charge is 2.41. The smallest absolute Gasteiger partial charge is 0.307 e. The fourth-order valence-electron chi connectivity index (χ4n) is 3.72. The fraction of sp³-hybridized carbons (Fsp3) is 0.609. The maximum atomic E-state index is 12.5. The van der Waals surface area contributed by atoms with Crippen LogP contribution in [-0.2, 0) is 28.6 Å². The van der Waals surface area contributed by atoms with Crippen LogP contribution in [0.5, 0.6) is 0 Å². The zero-order valence-electron chi connectivity index (χ0n) is 18.4. The standard InChI is InChI=1S/C23H31ClO8/c1-14(11-21(27)28)10-19(26)23-20-12-18(31-23)8-7-17(24)5-3-4-16(13-30-15(2)25)6-9-22(29)32-20/h4-5,10,18-20,23,26H,3,6-9,11-13H2,1-2H3,(H,27,28)/b14-10+,16-4+,17-5+/t18-,19+,20+,23+/m0/s1. The van der Waals surface area contributed by atoms with E-state index in [-0.39, 0.29) is 25.6 Å². The number of allylic oxidation sites excluding steroid dienone is 3. The van der Waals surface area contributed by atoms with Gasteiger partial charge in [-0.2, -0.15) is 0 Å². The third-order valence-corrected chi connectivity index (χ3v) is 5.62. The molecule has 8 nitrogen and oxygen atoms in total. The van der Waals surface area contributed by atoms with Gasteiger partial charge in [-0.25, -0.2) is 0 Å². The van der Waals surface area contributed by atoms with Crippen molar-refractivity contribution in [1.82, 2.24) is 0 Å². The minimum Gasteiger partial charge on any atom is -0.481 e. The van der Waals surface area contributed by atoms with E-state index in [0.717, 1.165) is 5.57 Å². The number of halogens is 1. The van der Waals surface area contributed by atoms with E-state index in [0.29, 0.717) is 42.7 Å². The Morgan fingerprint density at radius 1 is 1.28 bits per heavy atom. The number of hydrogen-bond acceptors (Lipinski definition) is 7. The predicted octanol–water partition coefficient (Wildman–Crippen LogP) is 3.41. The highest BCUT2D eigenvalue weighted by molar-refractivity contribution is 6.29. The lowest BCUT2D eigenvalue weighted by Crippen LogP contribution is -2.36. The molecule has 178 valence electrons. The molecule has 2 aliphatic rings. The van der Waals surface area contributed by atoms with E-state index in [9.17, 15) is 19.5 Å². The van der Waals surface area contributed by atoms with Crippen molar-refractivity contribution in [1.29, 1.82) is 0 Å². The molecule has 9 heteroatoms. The summed E-state index contributed by atoms with van der Waals surface area (Å²) in [5.74, 6) is -1.84. The van der Waals surface area contributed by atoms with Gasteiger partial charge in [-0.15, -0.1) is 0 Å². The molecule has 0 aromatic carbocycles. The Morgan fingerprint density at radius 3 is 2.72 bits per heavy atom. The number of carbonyl (C=O) groups is 3. The second-order valence-corrected chi connectivity index (χ2v) is 8.61. The molecule has 2 heterocycles. The molecule has 2 aliphatic heterocycles. The first-order valence-electron chi connectivity index (χ1n) is 10.7. The molecule has 1 fully saturated rings. The number of carboxylic acid groups (broad SMARTS) is 1. The van der Waals surface area contributed by atoms with Crippen LogP contribution in [0.2, 0.25) is 0 Å². The summed E-state index contributed by atoms with van der Waals surface area (Å²) in [5, 5.41) is 20.2. The first-order valence-corrected chi connectivity index (χ1v) is 11.1. The number of hydrogen-bond donors (Lipinski definition) is 2. The van der Waals surface area contributed by atoms with Gasteiger partial charge in [0.15, 0.2) is 0 Å². The van der Waals surface area contributed by atoms with Gasteiger partial charge in [0.05, 0.1) is 12.5 Å². The quantitative estimate of drug-likeness (QED) is 0.447. The summed E-state index contributed by atoms with van der Waals surface area (Å²) in [7, 11) is 0. The molecule has 2 N–H and O–H groups in total. The third-order valence-electron chi connectivity index (χ3n) is 5.28. The van der Waals surface area contributed by atoms with Crippen molar-refractivity contribution in [2.45, 2.75) is 83.2 Å². The zero-order chi connectivity index (χ0) is 23.7. The topological polar surface area (TPSA) is 119 Å². The highest BCUT2D eigenvalue weighted by Crippen LogP contribution is 2.31. The Balaban J connectivity index is 2.15. The Kier molecular flexibility index (Phi) is 10.4. The second-order valence-electron chi connectivity index (χ2n) is 8.13. The van der Waals surface area contributed by atoms with Gasteiger partial charge in [0, 0.05) is 24.8 Å². The van der Waals surface area contributed by atoms with Crippen molar-refractivity contribution in [3.05, 3.63) is 34.4 Å². The van der Waals surface area contributed by atoms with Crippen LogP contribution in [0.3, 0.4) is 0 Å². The summed E-state index contributed by atoms with van der Waals surface area (Å²) in [4.78, 5) is 34.5. The number of rotatable bonds is 6. The normalized spacial score (nSPS) is 29.6. The minimum absolute atomic E-state index is 0.0857. The van der Waals surface area contributed by atoms with E-state index >= 15 is 0 Å². The van der Waals surface area contributed by atoms with E-state index < -0.39 is 36.2 Å². The minimum atomic E-state index is -1.11. The average Bonchev–Trinajstić information content (AvgIpc) is 3.09. The molecule has 0 aliphatic carbocycles. The number of aliphatic carboxylic acids is 1. The lowest BCUT2D eigenvalue weighted by atomic mass is 10.0. The van der Waals surface area contributed by atoms with E-state index in [1.807, 2.05) is 12.2 Å². The van der Waals surface area contributed by atoms with E-state index in [2.05, 4.69) is 0 Å². The number of esters is 2. The Hall–Kier alpha value is -2.16.